The average molecular weight is 456 g/mol. The van der Waals surface area contributed by atoms with Crippen molar-refractivity contribution in [2.24, 2.45) is 0 Å². The quantitative estimate of drug-likeness (QED) is 0.451. The molecule has 0 aliphatic carbocycles. The normalized spacial score (nSPS) is 16.7. The van der Waals surface area contributed by atoms with Crippen molar-refractivity contribution in [2.45, 2.75) is 25.2 Å². The van der Waals surface area contributed by atoms with Gasteiger partial charge in [0.2, 0.25) is 5.91 Å². The van der Waals surface area contributed by atoms with E-state index in [-0.39, 0.29) is 17.6 Å². The van der Waals surface area contributed by atoms with Crippen LogP contribution in [-0.4, -0.2) is 27.5 Å². The largest absolute Gasteiger partial charge is 0.493 e. The fourth-order valence-electron chi connectivity index (χ4n) is 4.40. The molecule has 0 radical (unpaired) electrons. The zero-order valence-corrected chi connectivity index (χ0v) is 18.2. The van der Waals surface area contributed by atoms with Crippen molar-refractivity contribution in [1.82, 2.24) is 15.0 Å². The number of carbonyl (C=O) groups excluding carboxylic acids is 1. The van der Waals surface area contributed by atoms with Gasteiger partial charge in [-0.15, -0.1) is 0 Å². The predicted octanol–water partition coefficient (Wildman–Crippen LogP) is 5.01. The summed E-state index contributed by atoms with van der Waals surface area (Å²) < 4.78 is 25.4. The Morgan fingerprint density at radius 1 is 1.09 bits per heavy atom. The van der Waals surface area contributed by atoms with Gasteiger partial charge in [-0.05, 0) is 66.9 Å². The number of halogens is 1. The summed E-state index contributed by atoms with van der Waals surface area (Å²) in [6.07, 6.45) is 5.22. The van der Waals surface area contributed by atoms with Crippen LogP contribution in [0.4, 0.5) is 10.2 Å². The minimum absolute atomic E-state index is 0.0327. The molecule has 2 N–H and O–H groups in total. The van der Waals surface area contributed by atoms with Gasteiger partial charge in [0.15, 0.2) is 0 Å². The number of H-pyrrole nitrogens is 1. The van der Waals surface area contributed by atoms with Crippen LogP contribution in [0.25, 0.3) is 11.3 Å². The van der Waals surface area contributed by atoms with Crippen LogP contribution < -0.4 is 14.8 Å². The molecule has 1 atom stereocenters. The van der Waals surface area contributed by atoms with E-state index in [1.54, 1.807) is 18.3 Å². The predicted molar refractivity (Wildman–Crippen MR) is 124 cm³/mol. The van der Waals surface area contributed by atoms with E-state index in [0.29, 0.717) is 36.8 Å². The molecule has 7 nitrogen and oxygen atoms in total. The van der Waals surface area contributed by atoms with Gasteiger partial charge in [-0.25, -0.2) is 14.4 Å². The number of anilines is 1. The zero-order chi connectivity index (χ0) is 23.1. The Hall–Kier alpha value is -4.20. The number of fused-ring (bicyclic) bond motifs is 2. The van der Waals surface area contributed by atoms with Gasteiger partial charge >= 0.3 is 0 Å². The molecule has 34 heavy (non-hydrogen) atoms. The molecule has 0 fully saturated rings. The van der Waals surface area contributed by atoms with Crippen molar-refractivity contribution in [3.05, 3.63) is 83.7 Å². The molecule has 1 amide bonds. The van der Waals surface area contributed by atoms with E-state index in [9.17, 15) is 9.18 Å². The third kappa shape index (κ3) is 3.87. The summed E-state index contributed by atoms with van der Waals surface area (Å²) in [6.45, 7) is 0.515. The molecule has 0 bridgehead atoms. The van der Waals surface area contributed by atoms with Gasteiger partial charge in [0, 0.05) is 29.9 Å². The van der Waals surface area contributed by atoms with Gasteiger partial charge < -0.3 is 19.8 Å². The highest BCUT2D eigenvalue weighted by atomic mass is 19.1. The summed E-state index contributed by atoms with van der Waals surface area (Å²) in [4.78, 5) is 23.9. The van der Waals surface area contributed by atoms with Crippen molar-refractivity contribution >= 4 is 11.7 Å². The van der Waals surface area contributed by atoms with Crippen LogP contribution in [0.3, 0.4) is 0 Å². The molecule has 8 heteroatoms. The number of benzene rings is 2. The number of pyridine rings is 1. The summed E-state index contributed by atoms with van der Waals surface area (Å²) in [5, 5.41) is 2.80. The molecule has 2 aromatic heterocycles. The number of carbonyl (C=O) groups is 1. The molecule has 2 aromatic carbocycles. The Labute approximate surface area is 195 Å². The molecular formula is C26H21FN4O3. The molecule has 2 aliphatic rings. The van der Waals surface area contributed by atoms with E-state index in [4.69, 9.17) is 14.5 Å². The van der Waals surface area contributed by atoms with Gasteiger partial charge in [0.1, 0.15) is 34.7 Å². The molecule has 0 saturated heterocycles. The number of aromatic amines is 1. The second-order valence-electron chi connectivity index (χ2n) is 8.45. The van der Waals surface area contributed by atoms with Crippen LogP contribution in [0.1, 0.15) is 29.3 Å². The molecule has 4 aromatic rings. The fraction of sp³-hybridized carbons (Fsp3) is 0.192. The number of imidazole rings is 1. The molecule has 0 spiro atoms. The lowest BCUT2D eigenvalue weighted by atomic mass is 9.96. The Morgan fingerprint density at radius 3 is 2.85 bits per heavy atom. The highest BCUT2D eigenvalue weighted by molar-refractivity contribution is 5.93. The number of amides is 1. The number of nitrogens with one attached hydrogen (secondary N) is 2. The van der Waals surface area contributed by atoms with E-state index in [2.05, 4.69) is 15.3 Å². The summed E-state index contributed by atoms with van der Waals surface area (Å²) in [7, 11) is 0. The lowest BCUT2D eigenvalue weighted by Crippen LogP contribution is -2.20. The maximum Gasteiger partial charge on any atom is 0.225 e. The average Bonchev–Trinajstić information content (AvgIpc) is 3.34. The topological polar surface area (TPSA) is 89.1 Å². The first-order valence-electron chi connectivity index (χ1n) is 11.1. The van der Waals surface area contributed by atoms with Crippen molar-refractivity contribution in [3.63, 3.8) is 0 Å². The summed E-state index contributed by atoms with van der Waals surface area (Å²) in [6, 6.07) is 13.9. The van der Waals surface area contributed by atoms with Crippen LogP contribution in [-0.2, 0) is 17.6 Å². The lowest BCUT2D eigenvalue weighted by molar-refractivity contribution is -0.116. The van der Waals surface area contributed by atoms with E-state index in [1.165, 1.54) is 12.1 Å². The number of hydrogen-bond donors (Lipinski definition) is 2. The van der Waals surface area contributed by atoms with Crippen LogP contribution in [0.15, 0.2) is 60.9 Å². The first kappa shape index (κ1) is 20.4. The Bertz CT molecular complexity index is 1380. The molecule has 170 valence electrons. The highest BCUT2D eigenvalue weighted by Crippen LogP contribution is 2.37. The van der Waals surface area contributed by atoms with Crippen LogP contribution in [0, 0.1) is 5.82 Å². The van der Waals surface area contributed by atoms with Gasteiger partial charge in [-0.3, -0.25) is 4.79 Å². The third-order valence-corrected chi connectivity index (χ3v) is 6.16. The number of aromatic nitrogens is 3. The highest BCUT2D eigenvalue weighted by Gasteiger charge is 2.25. The molecule has 2 aliphatic heterocycles. The Balaban J connectivity index is 1.22. The summed E-state index contributed by atoms with van der Waals surface area (Å²) in [5.41, 5.74) is 3.56. The SMILES string of the molecule is O=C1CCc2c(Oc3ccc4c(c3)C[C@H](c3nc(-c5ccc(F)cc5)c[nH]3)CO4)ccnc2N1. The number of ether oxygens (including phenoxy) is 2. The number of rotatable bonds is 4. The lowest BCUT2D eigenvalue weighted by Gasteiger charge is -2.25. The van der Waals surface area contributed by atoms with Crippen LogP contribution in [0.5, 0.6) is 17.2 Å². The van der Waals surface area contributed by atoms with Crippen LogP contribution in [0.2, 0.25) is 0 Å². The van der Waals surface area contributed by atoms with Crippen molar-refractivity contribution in [1.29, 1.82) is 0 Å². The second kappa shape index (κ2) is 8.30. The van der Waals surface area contributed by atoms with Gasteiger partial charge in [0.05, 0.1) is 18.2 Å². The van der Waals surface area contributed by atoms with Gasteiger partial charge in [-0.1, -0.05) is 0 Å². The standard InChI is InChI=1S/C26H21FN4O3/c27-18-3-1-15(2-4-18)21-13-29-25(30-21)17-11-16-12-19(5-7-22(16)33-14-17)34-23-9-10-28-26-20(23)6-8-24(32)31-26/h1-5,7,9-10,12-13,17H,6,8,11,14H2,(H,29,30)(H,28,31,32)/t17-/m0/s1. The smallest absolute Gasteiger partial charge is 0.225 e. The minimum Gasteiger partial charge on any atom is -0.493 e. The molecule has 6 rings (SSSR count). The van der Waals surface area contributed by atoms with Gasteiger partial charge in [-0.2, -0.15) is 0 Å². The Kier molecular flexibility index (Phi) is 4.98. The van der Waals surface area contributed by atoms with E-state index >= 15 is 0 Å². The second-order valence-corrected chi connectivity index (χ2v) is 8.45. The number of hydrogen-bond acceptors (Lipinski definition) is 5. The first-order chi connectivity index (χ1) is 16.6. The summed E-state index contributed by atoms with van der Waals surface area (Å²) >= 11 is 0. The van der Waals surface area contributed by atoms with E-state index in [0.717, 1.165) is 40.4 Å². The third-order valence-electron chi connectivity index (χ3n) is 6.16. The molecule has 0 unspecified atom stereocenters. The Morgan fingerprint density at radius 2 is 1.97 bits per heavy atom. The maximum atomic E-state index is 13.2. The minimum atomic E-state index is -0.271. The number of nitrogens with zero attached hydrogens (tertiary/aromatic N) is 2. The monoisotopic (exact) mass is 456 g/mol. The first-order valence-corrected chi connectivity index (χ1v) is 11.1. The summed E-state index contributed by atoms with van der Waals surface area (Å²) in [5.74, 6) is 3.35. The molecule has 4 heterocycles. The maximum absolute atomic E-state index is 13.2. The van der Waals surface area contributed by atoms with Gasteiger partial charge in [0.25, 0.3) is 0 Å². The fourth-order valence-corrected chi connectivity index (χ4v) is 4.40. The van der Waals surface area contributed by atoms with E-state index in [1.807, 2.05) is 30.5 Å². The molecule has 0 saturated carbocycles. The zero-order valence-electron chi connectivity index (χ0n) is 18.2. The molecular weight excluding hydrogens is 435 g/mol. The van der Waals surface area contributed by atoms with Crippen molar-refractivity contribution in [3.8, 4) is 28.5 Å². The van der Waals surface area contributed by atoms with Crippen molar-refractivity contribution < 1.29 is 18.7 Å². The van der Waals surface area contributed by atoms with E-state index < -0.39 is 0 Å². The van der Waals surface area contributed by atoms with Crippen LogP contribution >= 0.6 is 0 Å². The van der Waals surface area contributed by atoms with Crippen molar-refractivity contribution in [2.75, 3.05) is 11.9 Å².